The Morgan fingerprint density at radius 1 is 1.29 bits per heavy atom. The summed E-state index contributed by atoms with van der Waals surface area (Å²) >= 11 is 0. The highest BCUT2D eigenvalue weighted by Gasteiger charge is 2.23. The van der Waals surface area contributed by atoms with Crippen LogP contribution in [0.1, 0.15) is 38.7 Å². The number of rotatable bonds is 5. The third kappa shape index (κ3) is 2.44. The van der Waals surface area contributed by atoms with Crippen LogP contribution in [0.25, 0.3) is 0 Å². The maximum atomic E-state index is 10.4. The molecule has 0 aromatic heterocycles. The molecule has 14 heavy (non-hydrogen) atoms. The molecular formula is C13H18O. The predicted molar refractivity (Wildman–Crippen MR) is 59.4 cm³/mol. The van der Waals surface area contributed by atoms with Gasteiger partial charge in [0.05, 0.1) is 0 Å². The Morgan fingerprint density at radius 2 is 1.93 bits per heavy atom. The molecule has 1 aromatic rings. The zero-order valence-corrected chi connectivity index (χ0v) is 8.99. The number of aldehydes is 1. The third-order valence-electron chi connectivity index (χ3n) is 3.07. The summed E-state index contributed by atoms with van der Waals surface area (Å²) in [7, 11) is 0. The van der Waals surface area contributed by atoms with Crippen LogP contribution in [0.5, 0.6) is 0 Å². The van der Waals surface area contributed by atoms with E-state index in [9.17, 15) is 4.79 Å². The molecular weight excluding hydrogens is 172 g/mol. The summed E-state index contributed by atoms with van der Waals surface area (Å²) in [6, 6.07) is 10.4. The molecule has 0 heterocycles. The van der Waals surface area contributed by atoms with Crippen LogP contribution in [-0.2, 0) is 10.2 Å². The van der Waals surface area contributed by atoms with Crippen LogP contribution in [0.2, 0.25) is 0 Å². The maximum absolute atomic E-state index is 10.4. The number of hydrogen-bond donors (Lipinski definition) is 0. The maximum Gasteiger partial charge on any atom is 0.120 e. The fraction of sp³-hybridized carbons (Fsp3) is 0.462. The highest BCUT2D eigenvalue weighted by atomic mass is 16.1. The largest absolute Gasteiger partial charge is 0.303 e. The lowest BCUT2D eigenvalue weighted by molar-refractivity contribution is -0.108. The van der Waals surface area contributed by atoms with Crippen LogP contribution in [-0.4, -0.2) is 6.29 Å². The van der Waals surface area contributed by atoms with Crippen LogP contribution in [0.4, 0.5) is 0 Å². The van der Waals surface area contributed by atoms with Crippen LogP contribution in [0.15, 0.2) is 30.3 Å². The van der Waals surface area contributed by atoms with Crippen molar-refractivity contribution in [3.63, 3.8) is 0 Å². The zero-order valence-electron chi connectivity index (χ0n) is 8.99. The molecule has 0 saturated heterocycles. The Bertz CT molecular complexity index is 279. The smallest absolute Gasteiger partial charge is 0.120 e. The number of hydrogen-bond acceptors (Lipinski definition) is 1. The average molecular weight is 190 g/mol. The van der Waals surface area contributed by atoms with E-state index in [4.69, 9.17) is 0 Å². The topological polar surface area (TPSA) is 17.1 Å². The molecule has 1 nitrogen and oxygen atoms in total. The minimum atomic E-state index is 0.155. The molecule has 0 aliphatic carbocycles. The Labute approximate surface area is 86.1 Å². The van der Waals surface area contributed by atoms with E-state index in [0.717, 1.165) is 19.1 Å². The van der Waals surface area contributed by atoms with Gasteiger partial charge in [-0.25, -0.2) is 0 Å². The van der Waals surface area contributed by atoms with Gasteiger partial charge in [0.25, 0.3) is 0 Å². The molecule has 1 atom stereocenters. The van der Waals surface area contributed by atoms with Crippen molar-refractivity contribution < 1.29 is 4.79 Å². The molecule has 0 fully saturated rings. The fourth-order valence-electron chi connectivity index (χ4n) is 1.74. The van der Waals surface area contributed by atoms with E-state index in [1.54, 1.807) is 0 Å². The predicted octanol–water partition coefficient (Wildman–Crippen LogP) is 3.33. The first-order valence-electron chi connectivity index (χ1n) is 5.22. The highest BCUT2D eigenvalue weighted by molar-refractivity contribution is 5.49. The van der Waals surface area contributed by atoms with E-state index in [-0.39, 0.29) is 5.41 Å². The van der Waals surface area contributed by atoms with Crippen molar-refractivity contribution in [3.8, 4) is 0 Å². The van der Waals surface area contributed by atoms with Crippen molar-refractivity contribution in [1.29, 1.82) is 0 Å². The lowest BCUT2D eigenvalue weighted by Crippen LogP contribution is -2.20. The Kier molecular flexibility index (Phi) is 3.87. The van der Waals surface area contributed by atoms with E-state index >= 15 is 0 Å². The lowest BCUT2D eigenvalue weighted by atomic mass is 9.76. The molecule has 0 unspecified atom stereocenters. The molecule has 0 N–H and O–H groups in total. The molecule has 0 spiro atoms. The van der Waals surface area contributed by atoms with Gasteiger partial charge in [-0.15, -0.1) is 0 Å². The molecule has 0 bridgehead atoms. The summed E-state index contributed by atoms with van der Waals surface area (Å²) in [6.07, 6.45) is 3.68. The fourth-order valence-corrected chi connectivity index (χ4v) is 1.74. The van der Waals surface area contributed by atoms with Crippen molar-refractivity contribution in [2.24, 2.45) is 0 Å². The summed E-state index contributed by atoms with van der Waals surface area (Å²) in [4.78, 5) is 10.4. The second kappa shape index (κ2) is 4.94. The van der Waals surface area contributed by atoms with Crippen LogP contribution in [0.3, 0.4) is 0 Å². The van der Waals surface area contributed by atoms with Crippen molar-refractivity contribution >= 4 is 6.29 Å². The van der Waals surface area contributed by atoms with Crippen molar-refractivity contribution in [2.45, 2.75) is 38.5 Å². The van der Waals surface area contributed by atoms with E-state index in [2.05, 4.69) is 38.1 Å². The Hall–Kier alpha value is -1.11. The number of carbonyl (C=O) groups excluding carboxylic acids is 1. The highest BCUT2D eigenvalue weighted by Crippen LogP contribution is 2.31. The van der Waals surface area contributed by atoms with Gasteiger partial charge in [0.2, 0.25) is 0 Å². The second-order valence-electron chi connectivity index (χ2n) is 3.99. The normalized spacial score (nSPS) is 14.7. The van der Waals surface area contributed by atoms with Crippen molar-refractivity contribution in [1.82, 2.24) is 0 Å². The van der Waals surface area contributed by atoms with Gasteiger partial charge in [-0.3, -0.25) is 0 Å². The van der Waals surface area contributed by atoms with Gasteiger partial charge >= 0.3 is 0 Å². The molecule has 76 valence electrons. The summed E-state index contributed by atoms with van der Waals surface area (Å²) < 4.78 is 0. The SMILES string of the molecule is CC[C@](C)(CCC=O)c1ccccc1. The van der Waals surface area contributed by atoms with E-state index in [1.807, 2.05) is 6.07 Å². The first kappa shape index (κ1) is 11.0. The first-order chi connectivity index (χ1) is 6.73. The quantitative estimate of drug-likeness (QED) is 0.651. The van der Waals surface area contributed by atoms with Gasteiger partial charge in [-0.1, -0.05) is 44.2 Å². The monoisotopic (exact) mass is 190 g/mol. The standard InChI is InChI=1S/C13H18O/c1-3-13(2,10-7-11-14)12-8-5-4-6-9-12/h4-6,8-9,11H,3,7,10H2,1-2H3/t13-/m1/s1. The molecule has 0 aliphatic rings. The Balaban J connectivity index is 2.84. The van der Waals surface area contributed by atoms with Gasteiger partial charge in [0, 0.05) is 6.42 Å². The van der Waals surface area contributed by atoms with E-state index in [0.29, 0.717) is 6.42 Å². The van der Waals surface area contributed by atoms with E-state index < -0.39 is 0 Å². The summed E-state index contributed by atoms with van der Waals surface area (Å²) in [6.45, 7) is 4.41. The van der Waals surface area contributed by atoms with Gasteiger partial charge in [0.1, 0.15) is 6.29 Å². The van der Waals surface area contributed by atoms with Gasteiger partial charge < -0.3 is 4.79 Å². The zero-order chi connectivity index (χ0) is 10.4. The molecule has 0 saturated carbocycles. The number of carbonyl (C=O) groups is 1. The van der Waals surface area contributed by atoms with Gasteiger partial charge in [0.15, 0.2) is 0 Å². The molecule has 0 radical (unpaired) electrons. The summed E-state index contributed by atoms with van der Waals surface area (Å²) in [5.74, 6) is 0. The number of benzene rings is 1. The summed E-state index contributed by atoms with van der Waals surface area (Å²) in [5.41, 5.74) is 1.49. The van der Waals surface area contributed by atoms with Crippen LogP contribution in [0, 0.1) is 0 Å². The van der Waals surface area contributed by atoms with Gasteiger partial charge in [-0.2, -0.15) is 0 Å². The van der Waals surface area contributed by atoms with Crippen LogP contribution < -0.4 is 0 Å². The first-order valence-corrected chi connectivity index (χ1v) is 5.22. The second-order valence-corrected chi connectivity index (χ2v) is 3.99. The summed E-state index contributed by atoms with van der Waals surface area (Å²) in [5, 5.41) is 0. The molecule has 1 rings (SSSR count). The molecule has 0 amide bonds. The minimum absolute atomic E-state index is 0.155. The van der Waals surface area contributed by atoms with E-state index in [1.165, 1.54) is 5.56 Å². The molecule has 0 aliphatic heterocycles. The lowest BCUT2D eigenvalue weighted by Gasteiger charge is -2.28. The minimum Gasteiger partial charge on any atom is -0.303 e. The molecule has 1 aromatic carbocycles. The third-order valence-corrected chi connectivity index (χ3v) is 3.07. The average Bonchev–Trinajstić information content (AvgIpc) is 2.27. The van der Waals surface area contributed by atoms with Crippen molar-refractivity contribution in [2.75, 3.05) is 0 Å². The van der Waals surface area contributed by atoms with Gasteiger partial charge in [-0.05, 0) is 23.8 Å². The van der Waals surface area contributed by atoms with Crippen molar-refractivity contribution in [3.05, 3.63) is 35.9 Å². The Morgan fingerprint density at radius 3 is 2.43 bits per heavy atom. The van der Waals surface area contributed by atoms with Crippen LogP contribution >= 0.6 is 0 Å². The molecule has 1 heteroatoms.